The summed E-state index contributed by atoms with van der Waals surface area (Å²) in [7, 11) is 0. The Kier molecular flexibility index (Phi) is 2.52. The van der Waals surface area contributed by atoms with Crippen LogP contribution in [-0.2, 0) is 14.5 Å². The molecular weight excluding hydrogens is 144 g/mol. The average molecular weight is 160 g/mol. The van der Waals surface area contributed by atoms with E-state index in [1.807, 2.05) is 20.8 Å². The first-order valence-electron chi connectivity index (χ1n) is 4.08. The molecule has 0 spiro atoms. The van der Waals surface area contributed by atoms with Crippen LogP contribution >= 0.6 is 0 Å². The summed E-state index contributed by atoms with van der Waals surface area (Å²) in [5.74, 6) is -0.114. The van der Waals surface area contributed by atoms with Crippen molar-refractivity contribution in [1.29, 1.82) is 0 Å². The number of ether oxygens (including phenoxy) is 1. The molecule has 0 bridgehead atoms. The van der Waals surface area contributed by atoms with Crippen molar-refractivity contribution in [2.24, 2.45) is 5.92 Å². The minimum absolute atomic E-state index is 0.187. The molecule has 0 aliphatic carbocycles. The normalized spacial score (nSPS) is 26.2. The molecular formula is C8H16O3. The van der Waals surface area contributed by atoms with Crippen molar-refractivity contribution in [1.82, 2.24) is 0 Å². The number of hydrogen-bond acceptors (Lipinski definition) is 3. The average Bonchev–Trinajstić information content (AvgIpc) is 2.68. The fourth-order valence-electron chi connectivity index (χ4n) is 1.05. The van der Waals surface area contributed by atoms with Gasteiger partial charge in [0.1, 0.15) is 0 Å². The van der Waals surface area contributed by atoms with Gasteiger partial charge in [0.05, 0.1) is 6.10 Å². The Morgan fingerprint density at radius 2 is 1.91 bits per heavy atom. The number of rotatable bonds is 4. The highest BCUT2D eigenvalue weighted by atomic mass is 17.4. The minimum Gasteiger partial charge on any atom is -0.378 e. The van der Waals surface area contributed by atoms with Crippen molar-refractivity contribution in [3.8, 4) is 0 Å². The zero-order chi connectivity index (χ0) is 8.48. The Hall–Kier alpha value is -0.120. The van der Waals surface area contributed by atoms with Crippen molar-refractivity contribution in [2.45, 2.75) is 39.6 Å². The zero-order valence-electron chi connectivity index (χ0n) is 7.59. The maximum Gasteiger partial charge on any atom is 0.236 e. The molecule has 0 saturated carbocycles. The summed E-state index contributed by atoms with van der Waals surface area (Å²) >= 11 is 0. The van der Waals surface area contributed by atoms with E-state index in [2.05, 4.69) is 6.92 Å². The maximum atomic E-state index is 5.41. The van der Waals surface area contributed by atoms with E-state index in [9.17, 15) is 0 Å². The Morgan fingerprint density at radius 1 is 1.36 bits per heavy atom. The van der Waals surface area contributed by atoms with Gasteiger partial charge in [0.15, 0.2) is 0 Å². The van der Waals surface area contributed by atoms with Gasteiger partial charge >= 0.3 is 0 Å². The van der Waals surface area contributed by atoms with Gasteiger partial charge < -0.3 is 4.74 Å². The van der Waals surface area contributed by atoms with E-state index in [1.54, 1.807) is 0 Å². The fourth-order valence-corrected chi connectivity index (χ4v) is 1.05. The van der Waals surface area contributed by atoms with E-state index in [-0.39, 0.29) is 12.0 Å². The highest BCUT2D eigenvalue weighted by molar-refractivity contribution is 4.79. The van der Waals surface area contributed by atoms with Gasteiger partial charge in [-0.25, -0.2) is 0 Å². The predicted molar refractivity (Wildman–Crippen MR) is 40.8 cm³/mol. The summed E-state index contributed by atoms with van der Waals surface area (Å²) in [4.78, 5) is 9.69. The molecule has 3 heteroatoms. The van der Waals surface area contributed by atoms with Crippen LogP contribution in [0.5, 0.6) is 0 Å². The van der Waals surface area contributed by atoms with E-state index < -0.39 is 5.79 Å². The number of hydrogen-bond donors (Lipinski definition) is 0. The van der Waals surface area contributed by atoms with E-state index in [1.165, 1.54) is 0 Å². The Bertz CT molecular complexity index is 131. The molecule has 0 N–H and O–H groups in total. The molecule has 2 atom stereocenters. The summed E-state index contributed by atoms with van der Waals surface area (Å²) in [6.07, 6.45) is 0.187. The van der Waals surface area contributed by atoms with Crippen LogP contribution in [-0.4, -0.2) is 18.5 Å². The standard InChI is InChI=1S/C8H16O3/c1-5-9-7(3)6(2)8(4)10-11-8/h6-7H,5H2,1-4H3. The third kappa shape index (κ3) is 1.92. The zero-order valence-corrected chi connectivity index (χ0v) is 7.59. The second kappa shape index (κ2) is 3.09. The van der Waals surface area contributed by atoms with Crippen molar-refractivity contribution in [2.75, 3.05) is 6.61 Å². The Balaban J connectivity index is 2.34. The van der Waals surface area contributed by atoms with Gasteiger partial charge in [-0.3, -0.25) is 0 Å². The molecule has 2 unspecified atom stereocenters. The topological polar surface area (TPSA) is 34.3 Å². The summed E-state index contributed by atoms with van der Waals surface area (Å²) < 4.78 is 5.41. The summed E-state index contributed by atoms with van der Waals surface area (Å²) in [5.41, 5.74) is 0. The van der Waals surface area contributed by atoms with E-state index in [0.717, 1.165) is 6.61 Å². The molecule has 3 nitrogen and oxygen atoms in total. The molecule has 0 aromatic carbocycles. The molecule has 1 rings (SSSR count). The van der Waals surface area contributed by atoms with Crippen molar-refractivity contribution < 1.29 is 14.5 Å². The molecule has 11 heavy (non-hydrogen) atoms. The molecule has 0 amide bonds. The van der Waals surface area contributed by atoms with Crippen LogP contribution in [0.2, 0.25) is 0 Å². The lowest BCUT2D eigenvalue weighted by molar-refractivity contribution is 0.0108. The van der Waals surface area contributed by atoms with Crippen LogP contribution < -0.4 is 0 Å². The lowest BCUT2D eigenvalue weighted by Gasteiger charge is -2.19. The highest BCUT2D eigenvalue weighted by Gasteiger charge is 2.51. The minimum atomic E-state index is -0.394. The monoisotopic (exact) mass is 160 g/mol. The molecule has 0 aromatic rings. The maximum absolute atomic E-state index is 5.41. The van der Waals surface area contributed by atoms with E-state index >= 15 is 0 Å². The van der Waals surface area contributed by atoms with Crippen LogP contribution in [0.3, 0.4) is 0 Å². The van der Waals surface area contributed by atoms with Crippen LogP contribution in [0.1, 0.15) is 27.7 Å². The van der Waals surface area contributed by atoms with Gasteiger partial charge in [-0.2, -0.15) is 9.78 Å². The predicted octanol–water partition coefficient (Wildman–Crippen LogP) is 1.73. The molecule has 1 heterocycles. The van der Waals surface area contributed by atoms with Crippen LogP contribution in [0.25, 0.3) is 0 Å². The second-order valence-electron chi connectivity index (χ2n) is 3.13. The lowest BCUT2D eigenvalue weighted by atomic mass is 9.98. The van der Waals surface area contributed by atoms with Gasteiger partial charge in [0.2, 0.25) is 5.79 Å². The first-order valence-corrected chi connectivity index (χ1v) is 4.08. The fraction of sp³-hybridized carbons (Fsp3) is 1.00. The van der Waals surface area contributed by atoms with Gasteiger partial charge in [0.25, 0.3) is 0 Å². The van der Waals surface area contributed by atoms with Crippen molar-refractivity contribution in [3.05, 3.63) is 0 Å². The quantitative estimate of drug-likeness (QED) is 0.464. The molecule has 1 aliphatic heterocycles. The molecule has 0 aromatic heterocycles. The van der Waals surface area contributed by atoms with Crippen LogP contribution in [0, 0.1) is 5.92 Å². The lowest BCUT2D eigenvalue weighted by Crippen LogP contribution is -2.29. The molecule has 0 radical (unpaired) electrons. The molecule has 1 fully saturated rings. The van der Waals surface area contributed by atoms with Gasteiger partial charge in [0, 0.05) is 12.5 Å². The summed E-state index contributed by atoms with van der Waals surface area (Å²) in [6, 6.07) is 0. The Labute approximate surface area is 67.6 Å². The van der Waals surface area contributed by atoms with E-state index in [4.69, 9.17) is 14.5 Å². The smallest absolute Gasteiger partial charge is 0.236 e. The molecule has 1 aliphatic rings. The van der Waals surface area contributed by atoms with Gasteiger partial charge in [-0.1, -0.05) is 6.92 Å². The molecule has 1 saturated heterocycles. The SMILES string of the molecule is CCOC(C)C(C)C1(C)OO1. The largest absolute Gasteiger partial charge is 0.378 e. The first-order chi connectivity index (χ1) is 5.10. The summed E-state index contributed by atoms with van der Waals surface area (Å²) in [6.45, 7) is 8.74. The van der Waals surface area contributed by atoms with Gasteiger partial charge in [-0.05, 0) is 20.8 Å². The highest BCUT2D eigenvalue weighted by Crippen LogP contribution is 2.38. The van der Waals surface area contributed by atoms with E-state index in [0.29, 0.717) is 0 Å². The first kappa shape index (κ1) is 8.97. The second-order valence-corrected chi connectivity index (χ2v) is 3.13. The summed E-state index contributed by atoms with van der Waals surface area (Å²) in [5, 5.41) is 0. The van der Waals surface area contributed by atoms with Crippen LogP contribution in [0.15, 0.2) is 0 Å². The third-order valence-electron chi connectivity index (χ3n) is 2.31. The van der Waals surface area contributed by atoms with Crippen molar-refractivity contribution in [3.63, 3.8) is 0 Å². The van der Waals surface area contributed by atoms with Gasteiger partial charge in [-0.15, -0.1) is 0 Å². The van der Waals surface area contributed by atoms with Crippen LogP contribution in [0.4, 0.5) is 0 Å². The van der Waals surface area contributed by atoms with Crippen molar-refractivity contribution >= 4 is 0 Å². The molecule has 66 valence electrons. The Morgan fingerprint density at radius 3 is 2.27 bits per heavy atom. The third-order valence-corrected chi connectivity index (χ3v) is 2.31.